The van der Waals surface area contributed by atoms with Crippen LogP contribution < -0.4 is 5.73 Å². The molecule has 0 heterocycles. The van der Waals surface area contributed by atoms with E-state index in [1.807, 2.05) is 0 Å². The molecule has 0 spiro atoms. The molecule has 18 heavy (non-hydrogen) atoms. The lowest BCUT2D eigenvalue weighted by Gasteiger charge is -2.10. The van der Waals surface area contributed by atoms with E-state index in [2.05, 4.69) is 12.3 Å². The first kappa shape index (κ1) is 16.3. The second-order valence-electron chi connectivity index (χ2n) is 3.43. The molecular weight excluding hydrogens is 254 g/mol. The van der Waals surface area contributed by atoms with E-state index in [-0.39, 0.29) is 0 Å². The highest BCUT2D eigenvalue weighted by molar-refractivity contribution is 7.86. The van der Waals surface area contributed by atoms with Crippen LogP contribution in [0.15, 0.2) is 43.0 Å². The zero-order valence-corrected chi connectivity index (χ0v) is 10.9. The van der Waals surface area contributed by atoms with Crippen molar-refractivity contribution in [3.05, 3.63) is 48.6 Å². The zero-order chi connectivity index (χ0) is 14.2. The zero-order valence-electron chi connectivity index (χ0n) is 10.1. The van der Waals surface area contributed by atoms with Crippen LogP contribution in [-0.2, 0) is 14.9 Å². The molecule has 6 heteroatoms. The lowest BCUT2D eigenvalue weighted by atomic mass is 10.1. The van der Waals surface area contributed by atoms with Crippen LogP contribution in [-0.4, -0.2) is 18.9 Å². The van der Waals surface area contributed by atoms with Gasteiger partial charge in [-0.2, -0.15) is 8.42 Å². The Balaban J connectivity index is 0.000000494. The number of primary amides is 1. The van der Waals surface area contributed by atoms with Gasteiger partial charge in [0.05, 0.1) is 0 Å². The van der Waals surface area contributed by atoms with Crippen LogP contribution in [0.5, 0.6) is 0 Å². The van der Waals surface area contributed by atoms with Gasteiger partial charge in [0.1, 0.15) is 5.25 Å². The highest BCUT2D eigenvalue weighted by Gasteiger charge is 2.22. The molecule has 1 amide bonds. The third kappa shape index (κ3) is 6.17. The van der Waals surface area contributed by atoms with Crippen molar-refractivity contribution >= 4 is 16.0 Å². The third-order valence-corrected chi connectivity index (χ3v) is 3.43. The lowest BCUT2D eigenvalue weighted by Crippen LogP contribution is -2.10. The number of carbonyl (C=O) groups excluding carboxylic acids is 1. The maximum absolute atomic E-state index is 10.9. The second kappa shape index (κ2) is 7.62. The standard InChI is InChI=1S/C9H12O3S.C3H5NO/c1-2-9(13(10,11)12)8-6-4-3-5-7-8;1-2-3(4)5/h3-7,9H,2H2,1H3,(H,10,11,12);2H,1H2,(H2,4,5). The van der Waals surface area contributed by atoms with E-state index in [4.69, 9.17) is 4.55 Å². The Morgan fingerprint density at radius 3 is 2.17 bits per heavy atom. The molecular formula is C12H17NO4S. The van der Waals surface area contributed by atoms with Crippen molar-refractivity contribution in [2.24, 2.45) is 5.73 Å². The predicted octanol–water partition coefficient (Wildman–Crippen LogP) is 1.68. The molecule has 5 nitrogen and oxygen atoms in total. The summed E-state index contributed by atoms with van der Waals surface area (Å²) in [6.07, 6.45) is 1.43. The Morgan fingerprint density at radius 2 is 1.89 bits per heavy atom. The van der Waals surface area contributed by atoms with Gasteiger partial charge >= 0.3 is 0 Å². The quantitative estimate of drug-likeness (QED) is 0.643. The average molecular weight is 271 g/mol. The van der Waals surface area contributed by atoms with Gasteiger partial charge in [-0.15, -0.1) is 0 Å². The fourth-order valence-corrected chi connectivity index (χ4v) is 2.21. The van der Waals surface area contributed by atoms with E-state index in [0.29, 0.717) is 12.0 Å². The number of amides is 1. The summed E-state index contributed by atoms with van der Waals surface area (Å²) < 4.78 is 30.7. The molecule has 0 aromatic heterocycles. The van der Waals surface area contributed by atoms with Crippen molar-refractivity contribution < 1.29 is 17.8 Å². The van der Waals surface area contributed by atoms with Crippen molar-refractivity contribution in [1.29, 1.82) is 0 Å². The molecule has 0 radical (unpaired) electrons. The van der Waals surface area contributed by atoms with Crippen LogP contribution in [0, 0.1) is 0 Å². The number of benzene rings is 1. The molecule has 0 fully saturated rings. The van der Waals surface area contributed by atoms with Gasteiger partial charge in [0.15, 0.2) is 0 Å². The summed E-state index contributed by atoms with van der Waals surface area (Å²) in [4.78, 5) is 9.47. The van der Waals surface area contributed by atoms with Crippen LogP contribution in [0.2, 0.25) is 0 Å². The van der Waals surface area contributed by atoms with E-state index in [1.165, 1.54) is 0 Å². The van der Waals surface area contributed by atoms with E-state index in [1.54, 1.807) is 37.3 Å². The Bertz CT molecular complexity index is 482. The van der Waals surface area contributed by atoms with Gasteiger partial charge < -0.3 is 5.73 Å². The lowest BCUT2D eigenvalue weighted by molar-refractivity contribution is -0.113. The van der Waals surface area contributed by atoms with E-state index in [9.17, 15) is 13.2 Å². The van der Waals surface area contributed by atoms with Crippen LogP contribution in [0.4, 0.5) is 0 Å². The Labute approximate surface area is 107 Å². The van der Waals surface area contributed by atoms with Gasteiger partial charge in [0, 0.05) is 0 Å². The first-order valence-corrected chi connectivity index (χ1v) is 6.76. The minimum atomic E-state index is -3.97. The second-order valence-corrected chi connectivity index (χ2v) is 5.03. The molecule has 0 aliphatic heterocycles. The smallest absolute Gasteiger partial charge is 0.271 e. The Hall–Kier alpha value is -1.66. The summed E-state index contributed by atoms with van der Waals surface area (Å²) in [5.74, 6) is -0.481. The minimum absolute atomic E-state index is 0.378. The molecule has 0 aliphatic carbocycles. The average Bonchev–Trinajstić information content (AvgIpc) is 2.30. The molecule has 0 bridgehead atoms. The molecule has 3 N–H and O–H groups in total. The van der Waals surface area contributed by atoms with E-state index < -0.39 is 21.3 Å². The molecule has 1 atom stereocenters. The normalized spacial score (nSPS) is 11.9. The minimum Gasteiger partial charge on any atom is -0.366 e. The molecule has 0 saturated carbocycles. The Kier molecular flexibility index (Phi) is 6.92. The van der Waals surface area contributed by atoms with Crippen molar-refractivity contribution in [2.45, 2.75) is 18.6 Å². The maximum atomic E-state index is 10.9. The number of nitrogens with two attached hydrogens (primary N) is 1. The van der Waals surface area contributed by atoms with E-state index in [0.717, 1.165) is 6.08 Å². The SMILES string of the molecule is C=CC(N)=O.CCC(c1ccccc1)S(=O)(=O)O. The topological polar surface area (TPSA) is 97.5 Å². The molecule has 0 saturated heterocycles. The predicted molar refractivity (Wildman–Crippen MR) is 70.4 cm³/mol. The molecule has 100 valence electrons. The van der Waals surface area contributed by atoms with Gasteiger partial charge in [0.25, 0.3) is 10.1 Å². The first-order chi connectivity index (χ1) is 8.32. The van der Waals surface area contributed by atoms with Gasteiger partial charge in [-0.1, -0.05) is 43.8 Å². The summed E-state index contributed by atoms with van der Waals surface area (Å²) >= 11 is 0. The van der Waals surface area contributed by atoms with Crippen LogP contribution in [0.1, 0.15) is 24.2 Å². The largest absolute Gasteiger partial charge is 0.366 e. The van der Waals surface area contributed by atoms with Crippen LogP contribution in [0.25, 0.3) is 0 Å². The van der Waals surface area contributed by atoms with Crippen molar-refractivity contribution in [1.82, 2.24) is 0 Å². The summed E-state index contributed by atoms with van der Waals surface area (Å²) in [6.45, 7) is 4.81. The van der Waals surface area contributed by atoms with Gasteiger partial charge in [-0.3, -0.25) is 9.35 Å². The van der Waals surface area contributed by atoms with Crippen molar-refractivity contribution in [3.63, 3.8) is 0 Å². The number of carbonyl (C=O) groups is 1. The van der Waals surface area contributed by atoms with Crippen molar-refractivity contribution in [3.8, 4) is 0 Å². The maximum Gasteiger partial charge on any atom is 0.271 e. The van der Waals surface area contributed by atoms with Gasteiger partial charge in [-0.05, 0) is 18.1 Å². The number of hydrogen-bond acceptors (Lipinski definition) is 3. The van der Waals surface area contributed by atoms with Gasteiger partial charge in [0.2, 0.25) is 5.91 Å². The highest BCUT2D eigenvalue weighted by atomic mass is 32.2. The van der Waals surface area contributed by atoms with Crippen LogP contribution in [0.3, 0.4) is 0 Å². The molecule has 0 aliphatic rings. The summed E-state index contributed by atoms with van der Waals surface area (Å²) in [6, 6.07) is 8.70. The summed E-state index contributed by atoms with van der Waals surface area (Å²) in [5.41, 5.74) is 5.17. The van der Waals surface area contributed by atoms with Gasteiger partial charge in [-0.25, -0.2) is 0 Å². The van der Waals surface area contributed by atoms with E-state index >= 15 is 0 Å². The summed E-state index contributed by atoms with van der Waals surface area (Å²) in [5, 5.41) is -0.798. The fraction of sp³-hybridized carbons (Fsp3) is 0.250. The molecule has 1 aromatic rings. The number of rotatable bonds is 4. The van der Waals surface area contributed by atoms with Crippen LogP contribution >= 0.6 is 0 Å². The monoisotopic (exact) mass is 271 g/mol. The molecule has 1 rings (SSSR count). The third-order valence-electron chi connectivity index (χ3n) is 2.10. The summed E-state index contributed by atoms with van der Waals surface area (Å²) in [7, 11) is -3.97. The Morgan fingerprint density at radius 1 is 1.44 bits per heavy atom. The highest BCUT2D eigenvalue weighted by Crippen LogP contribution is 2.23. The first-order valence-electron chi connectivity index (χ1n) is 5.26. The number of hydrogen-bond donors (Lipinski definition) is 2. The fourth-order valence-electron chi connectivity index (χ4n) is 1.29. The molecule has 1 unspecified atom stereocenters. The van der Waals surface area contributed by atoms with Crippen molar-refractivity contribution in [2.75, 3.05) is 0 Å². The molecule has 1 aromatic carbocycles.